The molecule has 0 bridgehead atoms. The highest BCUT2D eigenvalue weighted by Crippen LogP contribution is 2.25. The Kier molecular flexibility index (Phi) is 5.39. The van der Waals surface area contributed by atoms with E-state index in [1.807, 2.05) is 36.0 Å². The number of benzene rings is 1. The van der Waals surface area contributed by atoms with E-state index in [1.54, 1.807) is 7.11 Å². The molecule has 1 fully saturated rings. The molecule has 1 aliphatic rings. The number of nitrogens with one attached hydrogen (secondary N) is 1. The molecule has 0 amide bonds. The minimum atomic E-state index is 0.483. The van der Waals surface area contributed by atoms with Gasteiger partial charge in [-0.3, -0.25) is 4.99 Å². The minimum absolute atomic E-state index is 0.483. The van der Waals surface area contributed by atoms with Crippen LogP contribution in [0.1, 0.15) is 19.3 Å². The molecule has 1 aromatic carbocycles. The largest absolute Gasteiger partial charge is 0.497 e. The Morgan fingerprint density at radius 3 is 2.84 bits per heavy atom. The molecule has 104 valence electrons. The molecule has 19 heavy (non-hydrogen) atoms. The van der Waals surface area contributed by atoms with Crippen molar-refractivity contribution in [3.8, 4) is 5.75 Å². The van der Waals surface area contributed by atoms with Gasteiger partial charge in [-0.1, -0.05) is 6.42 Å². The second-order valence-corrected chi connectivity index (χ2v) is 5.98. The standard InChI is InChI=1S/C14H21N3OS/c1-18-12-7-5-11(6-8-12)17-14(15)16-10-13-4-2-3-9-19-13/h5-8,13H,2-4,9-10H2,1H3,(H3,15,16,17). The molecular weight excluding hydrogens is 258 g/mol. The highest BCUT2D eigenvalue weighted by Gasteiger charge is 2.13. The molecule has 0 spiro atoms. The first-order valence-corrected chi connectivity index (χ1v) is 7.65. The summed E-state index contributed by atoms with van der Waals surface area (Å²) in [6, 6.07) is 7.65. The van der Waals surface area contributed by atoms with Gasteiger partial charge in [-0.15, -0.1) is 0 Å². The molecule has 1 atom stereocenters. The maximum Gasteiger partial charge on any atom is 0.193 e. The van der Waals surface area contributed by atoms with E-state index in [1.165, 1.54) is 25.0 Å². The van der Waals surface area contributed by atoms with Gasteiger partial charge in [0, 0.05) is 10.9 Å². The molecule has 1 unspecified atom stereocenters. The second-order valence-electron chi connectivity index (χ2n) is 4.57. The molecule has 1 heterocycles. The molecule has 4 nitrogen and oxygen atoms in total. The van der Waals surface area contributed by atoms with Crippen molar-refractivity contribution in [2.75, 3.05) is 24.7 Å². The van der Waals surface area contributed by atoms with Crippen molar-refractivity contribution in [3.05, 3.63) is 24.3 Å². The number of ether oxygens (including phenoxy) is 1. The van der Waals surface area contributed by atoms with E-state index >= 15 is 0 Å². The van der Waals surface area contributed by atoms with Crippen LogP contribution in [0.4, 0.5) is 5.69 Å². The molecule has 0 aromatic heterocycles. The Morgan fingerprint density at radius 1 is 1.42 bits per heavy atom. The number of guanidine groups is 1. The molecule has 0 aliphatic carbocycles. The van der Waals surface area contributed by atoms with Crippen LogP contribution in [0.3, 0.4) is 0 Å². The monoisotopic (exact) mass is 279 g/mol. The Labute approximate surface area is 118 Å². The number of thioether (sulfide) groups is 1. The zero-order valence-corrected chi connectivity index (χ0v) is 12.1. The number of methoxy groups -OCH3 is 1. The van der Waals surface area contributed by atoms with Gasteiger partial charge in [0.1, 0.15) is 5.75 Å². The van der Waals surface area contributed by atoms with Gasteiger partial charge < -0.3 is 15.8 Å². The molecule has 5 heteroatoms. The van der Waals surface area contributed by atoms with Crippen molar-refractivity contribution < 1.29 is 4.74 Å². The highest BCUT2D eigenvalue weighted by atomic mass is 32.2. The first-order valence-electron chi connectivity index (χ1n) is 6.60. The van der Waals surface area contributed by atoms with Crippen LogP contribution in [-0.4, -0.2) is 30.6 Å². The number of nitrogens with zero attached hydrogens (tertiary/aromatic N) is 1. The van der Waals surface area contributed by atoms with Crippen molar-refractivity contribution >= 4 is 23.4 Å². The summed E-state index contributed by atoms with van der Waals surface area (Å²) in [4.78, 5) is 4.42. The number of hydrogen-bond donors (Lipinski definition) is 2. The van der Waals surface area contributed by atoms with Crippen LogP contribution in [0.25, 0.3) is 0 Å². The fourth-order valence-corrected chi connectivity index (χ4v) is 3.23. The molecule has 0 saturated carbocycles. The third-order valence-corrected chi connectivity index (χ3v) is 4.48. The molecule has 3 N–H and O–H groups in total. The summed E-state index contributed by atoms with van der Waals surface area (Å²) in [5.41, 5.74) is 6.82. The van der Waals surface area contributed by atoms with E-state index in [4.69, 9.17) is 10.5 Å². The smallest absolute Gasteiger partial charge is 0.193 e. The predicted octanol–water partition coefficient (Wildman–Crippen LogP) is 2.71. The lowest BCUT2D eigenvalue weighted by molar-refractivity contribution is 0.415. The molecular formula is C14H21N3OS. The lowest BCUT2D eigenvalue weighted by atomic mass is 10.2. The lowest BCUT2D eigenvalue weighted by Crippen LogP contribution is -2.24. The van der Waals surface area contributed by atoms with Gasteiger partial charge in [-0.2, -0.15) is 11.8 Å². The van der Waals surface area contributed by atoms with E-state index in [2.05, 4.69) is 10.3 Å². The van der Waals surface area contributed by atoms with Crippen LogP contribution < -0.4 is 15.8 Å². The van der Waals surface area contributed by atoms with Crippen LogP contribution in [-0.2, 0) is 0 Å². The third kappa shape index (κ3) is 4.67. The number of nitrogens with two attached hydrogens (primary N) is 1. The quantitative estimate of drug-likeness (QED) is 0.657. The molecule has 1 aliphatic heterocycles. The number of aliphatic imine (C=N–C) groups is 1. The van der Waals surface area contributed by atoms with Gasteiger partial charge in [0.05, 0.1) is 13.7 Å². The highest BCUT2D eigenvalue weighted by molar-refractivity contribution is 7.99. The fourth-order valence-electron chi connectivity index (χ4n) is 2.01. The van der Waals surface area contributed by atoms with Gasteiger partial charge in [0.15, 0.2) is 5.96 Å². The van der Waals surface area contributed by atoms with E-state index < -0.39 is 0 Å². The fraction of sp³-hybridized carbons (Fsp3) is 0.500. The summed E-state index contributed by atoms with van der Waals surface area (Å²) in [6.45, 7) is 0.805. The minimum Gasteiger partial charge on any atom is -0.497 e. The average Bonchev–Trinajstić information content (AvgIpc) is 2.47. The van der Waals surface area contributed by atoms with Gasteiger partial charge in [0.25, 0.3) is 0 Å². The average molecular weight is 279 g/mol. The van der Waals surface area contributed by atoms with Gasteiger partial charge in [-0.05, 0) is 42.9 Å². The van der Waals surface area contributed by atoms with Crippen molar-refractivity contribution in [2.45, 2.75) is 24.5 Å². The van der Waals surface area contributed by atoms with E-state index in [0.717, 1.165) is 18.0 Å². The Morgan fingerprint density at radius 2 is 2.21 bits per heavy atom. The van der Waals surface area contributed by atoms with Crippen molar-refractivity contribution in [2.24, 2.45) is 10.7 Å². The summed E-state index contributed by atoms with van der Waals surface area (Å²) in [6.07, 6.45) is 3.91. The van der Waals surface area contributed by atoms with E-state index in [-0.39, 0.29) is 0 Å². The maximum atomic E-state index is 5.89. The van der Waals surface area contributed by atoms with E-state index in [9.17, 15) is 0 Å². The summed E-state index contributed by atoms with van der Waals surface area (Å²) in [5.74, 6) is 2.57. The molecule has 0 radical (unpaired) electrons. The zero-order chi connectivity index (χ0) is 13.5. The van der Waals surface area contributed by atoms with Crippen molar-refractivity contribution in [1.29, 1.82) is 0 Å². The predicted molar refractivity (Wildman–Crippen MR) is 83.2 cm³/mol. The normalized spacial score (nSPS) is 20.1. The van der Waals surface area contributed by atoms with Gasteiger partial charge in [0.2, 0.25) is 0 Å². The first-order chi connectivity index (χ1) is 9.28. The first kappa shape index (κ1) is 14.1. The van der Waals surface area contributed by atoms with Crippen molar-refractivity contribution in [3.63, 3.8) is 0 Å². The molecule has 1 saturated heterocycles. The number of rotatable bonds is 4. The SMILES string of the molecule is COc1ccc(NC(N)=NCC2CCCCS2)cc1. The van der Waals surface area contributed by atoms with Crippen LogP contribution in [0.5, 0.6) is 5.75 Å². The van der Waals surface area contributed by atoms with Crippen LogP contribution in [0.2, 0.25) is 0 Å². The Balaban J connectivity index is 1.82. The van der Waals surface area contributed by atoms with Crippen LogP contribution in [0.15, 0.2) is 29.3 Å². The van der Waals surface area contributed by atoms with Crippen LogP contribution in [0, 0.1) is 0 Å². The topological polar surface area (TPSA) is 59.6 Å². The maximum absolute atomic E-state index is 5.89. The number of hydrogen-bond acceptors (Lipinski definition) is 3. The Hall–Kier alpha value is -1.36. The molecule has 1 aromatic rings. The third-order valence-electron chi connectivity index (χ3n) is 3.10. The summed E-state index contributed by atoms with van der Waals surface area (Å²) < 4.78 is 5.11. The Bertz CT molecular complexity index is 413. The number of anilines is 1. The summed E-state index contributed by atoms with van der Waals surface area (Å²) >= 11 is 2.01. The second kappa shape index (κ2) is 7.28. The van der Waals surface area contributed by atoms with Gasteiger partial charge >= 0.3 is 0 Å². The lowest BCUT2D eigenvalue weighted by Gasteiger charge is -2.19. The summed E-state index contributed by atoms with van der Waals surface area (Å²) in [7, 11) is 1.65. The van der Waals surface area contributed by atoms with Crippen LogP contribution >= 0.6 is 11.8 Å². The molecule has 2 rings (SSSR count). The van der Waals surface area contributed by atoms with E-state index in [0.29, 0.717) is 11.2 Å². The van der Waals surface area contributed by atoms with Crippen molar-refractivity contribution in [1.82, 2.24) is 0 Å². The zero-order valence-electron chi connectivity index (χ0n) is 11.3. The summed E-state index contributed by atoms with van der Waals surface area (Å²) in [5, 5.41) is 3.73. The van der Waals surface area contributed by atoms with Gasteiger partial charge in [-0.25, -0.2) is 0 Å².